The summed E-state index contributed by atoms with van der Waals surface area (Å²) in [6, 6.07) is 8.64. The molecule has 0 aliphatic heterocycles. The molecule has 2 rings (SSSR count). The summed E-state index contributed by atoms with van der Waals surface area (Å²) in [7, 11) is 1.47. The summed E-state index contributed by atoms with van der Waals surface area (Å²) in [5.74, 6) is -0.673. The summed E-state index contributed by atoms with van der Waals surface area (Å²) in [6.45, 7) is 1.39. The Morgan fingerprint density at radius 1 is 1.13 bits per heavy atom. The minimum atomic E-state index is -0.446. The van der Waals surface area contributed by atoms with Crippen LogP contribution in [0.2, 0.25) is 0 Å². The third kappa shape index (κ3) is 4.29. The van der Waals surface area contributed by atoms with Crippen molar-refractivity contribution in [1.82, 2.24) is 0 Å². The van der Waals surface area contributed by atoms with Gasteiger partial charge in [-0.2, -0.15) is 0 Å². The largest absolute Gasteiger partial charge is 0.495 e. The van der Waals surface area contributed by atoms with Gasteiger partial charge in [-0.1, -0.05) is 0 Å². The van der Waals surface area contributed by atoms with Crippen molar-refractivity contribution in [3.05, 3.63) is 52.3 Å². The molecule has 0 heterocycles. The Bertz CT molecular complexity index is 765. The van der Waals surface area contributed by atoms with E-state index in [1.807, 2.05) is 0 Å². The lowest BCUT2D eigenvalue weighted by Crippen LogP contribution is -2.14. The highest BCUT2D eigenvalue weighted by Crippen LogP contribution is 2.29. The molecule has 23 heavy (non-hydrogen) atoms. The number of hydrogen-bond donors (Lipinski definition) is 2. The van der Waals surface area contributed by atoms with E-state index in [2.05, 4.69) is 26.6 Å². The summed E-state index contributed by atoms with van der Waals surface area (Å²) in [4.78, 5) is 23.5. The van der Waals surface area contributed by atoms with E-state index in [1.54, 1.807) is 18.2 Å². The van der Waals surface area contributed by atoms with Crippen LogP contribution >= 0.6 is 15.9 Å². The SMILES string of the molecule is COc1ccc(NC(C)=O)cc1NC(=O)c1ccc(F)cc1Br. The van der Waals surface area contributed by atoms with E-state index in [4.69, 9.17) is 4.74 Å². The molecule has 0 saturated carbocycles. The lowest BCUT2D eigenvalue weighted by Gasteiger charge is -2.13. The van der Waals surface area contributed by atoms with Crippen LogP contribution in [0.1, 0.15) is 17.3 Å². The lowest BCUT2D eigenvalue weighted by molar-refractivity contribution is -0.114. The molecule has 2 amide bonds. The minimum Gasteiger partial charge on any atom is -0.495 e. The van der Waals surface area contributed by atoms with Gasteiger partial charge >= 0.3 is 0 Å². The molecule has 0 spiro atoms. The molecule has 0 aliphatic rings. The smallest absolute Gasteiger partial charge is 0.256 e. The second-order valence-electron chi connectivity index (χ2n) is 4.67. The predicted octanol–water partition coefficient (Wildman–Crippen LogP) is 3.81. The highest BCUT2D eigenvalue weighted by atomic mass is 79.9. The maximum absolute atomic E-state index is 13.1. The number of carbonyl (C=O) groups excluding carboxylic acids is 2. The summed E-state index contributed by atoms with van der Waals surface area (Å²) in [5.41, 5.74) is 1.19. The standard InChI is InChI=1S/C16H14BrFN2O3/c1-9(21)19-11-4-6-15(23-2)14(8-11)20-16(22)12-5-3-10(18)7-13(12)17/h3-8H,1-2H3,(H,19,21)(H,20,22). The van der Waals surface area contributed by atoms with Crippen molar-refractivity contribution in [2.24, 2.45) is 0 Å². The monoisotopic (exact) mass is 380 g/mol. The van der Waals surface area contributed by atoms with Gasteiger partial charge in [-0.15, -0.1) is 0 Å². The van der Waals surface area contributed by atoms with Gasteiger partial charge in [0, 0.05) is 17.1 Å². The van der Waals surface area contributed by atoms with Gasteiger partial charge < -0.3 is 15.4 Å². The zero-order valence-corrected chi connectivity index (χ0v) is 14.0. The second kappa shape index (κ2) is 7.23. The molecule has 0 atom stereocenters. The number of anilines is 2. The van der Waals surface area contributed by atoms with Crippen LogP contribution in [0.25, 0.3) is 0 Å². The van der Waals surface area contributed by atoms with Crippen LogP contribution in [0.3, 0.4) is 0 Å². The quantitative estimate of drug-likeness (QED) is 0.847. The number of nitrogens with one attached hydrogen (secondary N) is 2. The van der Waals surface area contributed by atoms with Gasteiger partial charge in [0.25, 0.3) is 5.91 Å². The Kier molecular flexibility index (Phi) is 5.33. The molecule has 0 aromatic heterocycles. The van der Waals surface area contributed by atoms with Crippen LogP contribution in [0.5, 0.6) is 5.75 Å². The molecule has 7 heteroatoms. The molecule has 2 N–H and O–H groups in total. The number of rotatable bonds is 4. The van der Waals surface area contributed by atoms with Gasteiger partial charge in [0.05, 0.1) is 18.4 Å². The van der Waals surface area contributed by atoms with Gasteiger partial charge in [-0.25, -0.2) is 4.39 Å². The zero-order chi connectivity index (χ0) is 17.0. The topological polar surface area (TPSA) is 67.4 Å². The molecule has 5 nitrogen and oxygen atoms in total. The van der Waals surface area contributed by atoms with Crippen LogP contribution < -0.4 is 15.4 Å². The molecule has 2 aromatic carbocycles. The molecule has 0 saturated heterocycles. The average molecular weight is 381 g/mol. The Labute approximate surface area is 141 Å². The highest BCUT2D eigenvalue weighted by Gasteiger charge is 2.14. The van der Waals surface area contributed by atoms with Crippen LogP contribution in [0.15, 0.2) is 40.9 Å². The van der Waals surface area contributed by atoms with Crippen molar-refractivity contribution < 1.29 is 18.7 Å². The molecule has 0 radical (unpaired) electrons. The number of benzene rings is 2. The van der Waals surface area contributed by atoms with Gasteiger partial charge in [0.1, 0.15) is 11.6 Å². The fourth-order valence-corrected chi connectivity index (χ4v) is 2.48. The van der Waals surface area contributed by atoms with Crippen molar-refractivity contribution in [3.63, 3.8) is 0 Å². The lowest BCUT2D eigenvalue weighted by atomic mass is 10.2. The van der Waals surface area contributed by atoms with E-state index in [9.17, 15) is 14.0 Å². The molecule has 2 aromatic rings. The first-order valence-electron chi connectivity index (χ1n) is 6.62. The minimum absolute atomic E-state index is 0.228. The van der Waals surface area contributed by atoms with E-state index in [1.165, 1.54) is 32.2 Å². The number of halogens is 2. The molecule has 0 fully saturated rings. The Balaban J connectivity index is 2.30. The van der Waals surface area contributed by atoms with Gasteiger partial charge in [-0.3, -0.25) is 9.59 Å². The van der Waals surface area contributed by atoms with Gasteiger partial charge in [0.2, 0.25) is 5.91 Å². The van der Waals surface area contributed by atoms with Crippen molar-refractivity contribution in [3.8, 4) is 5.75 Å². The van der Waals surface area contributed by atoms with Crippen LogP contribution in [0, 0.1) is 5.82 Å². The van der Waals surface area contributed by atoms with E-state index >= 15 is 0 Å². The number of ether oxygens (including phenoxy) is 1. The summed E-state index contributed by atoms with van der Waals surface area (Å²) in [6.07, 6.45) is 0. The Morgan fingerprint density at radius 3 is 2.48 bits per heavy atom. The van der Waals surface area contributed by atoms with Crippen molar-refractivity contribution in [2.75, 3.05) is 17.7 Å². The van der Waals surface area contributed by atoms with Gasteiger partial charge in [0.15, 0.2) is 0 Å². The number of carbonyl (C=O) groups is 2. The highest BCUT2D eigenvalue weighted by molar-refractivity contribution is 9.10. The average Bonchev–Trinajstić information content (AvgIpc) is 2.46. The van der Waals surface area contributed by atoms with Crippen molar-refractivity contribution >= 4 is 39.1 Å². The van der Waals surface area contributed by atoms with Crippen molar-refractivity contribution in [2.45, 2.75) is 6.92 Å². The van der Waals surface area contributed by atoms with Crippen LogP contribution in [-0.4, -0.2) is 18.9 Å². The Morgan fingerprint density at radius 2 is 1.87 bits per heavy atom. The number of amides is 2. The first kappa shape index (κ1) is 17.0. The predicted molar refractivity (Wildman–Crippen MR) is 89.4 cm³/mol. The fraction of sp³-hybridized carbons (Fsp3) is 0.125. The molecule has 0 aliphatic carbocycles. The number of methoxy groups -OCH3 is 1. The molecular formula is C16H14BrFN2O3. The van der Waals surface area contributed by atoms with E-state index in [0.717, 1.165) is 0 Å². The van der Waals surface area contributed by atoms with Gasteiger partial charge in [-0.05, 0) is 52.3 Å². The third-order valence-corrected chi connectivity index (χ3v) is 3.60. The summed E-state index contributed by atoms with van der Waals surface area (Å²) in [5, 5.41) is 5.31. The molecule has 120 valence electrons. The van der Waals surface area contributed by atoms with E-state index in [0.29, 0.717) is 21.6 Å². The van der Waals surface area contributed by atoms with E-state index in [-0.39, 0.29) is 11.5 Å². The zero-order valence-electron chi connectivity index (χ0n) is 12.4. The first-order valence-corrected chi connectivity index (χ1v) is 7.42. The maximum Gasteiger partial charge on any atom is 0.256 e. The second-order valence-corrected chi connectivity index (χ2v) is 5.53. The summed E-state index contributed by atoms with van der Waals surface area (Å²) < 4.78 is 18.6. The Hall–Kier alpha value is -2.41. The number of hydrogen-bond acceptors (Lipinski definition) is 3. The van der Waals surface area contributed by atoms with Crippen molar-refractivity contribution in [1.29, 1.82) is 0 Å². The van der Waals surface area contributed by atoms with Crippen LogP contribution in [0.4, 0.5) is 15.8 Å². The first-order chi connectivity index (χ1) is 10.9. The van der Waals surface area contributed by atoms with E-state index < -0.39 is 11.7 Å². The normalized spacial score (nSPS) is 10.1. The third-order valence-electron chi connectivity index (χ3n) is 2.94. The summed E-state index contributed by atoms with van der Waals surface area (Å²) >= 11 is 3.15. The molecule has 0 bridgehead atoms. The molecular weight excluding hydrogens is 367 g/mol. The molecule has 0 unspecified atom stereocenters. The van der Waals surface area contributed by atoms with Crippen LogP contribution in [-0.2, 0) is 4.79 Å². The maximum atomic E-state index is 13.1. The fourth-order valence-electron chi connectivity index (χ4n) is 1.95.